The first-order valence-corrected chi connectivity index (χ1v) is 6.78. The fraction of sp³-hybridized carbons (Fsp3) is 0.467. The number of hydrogen-bond donors (Lipinski definition) is 2. The molecule has 5 nitrogen and oxygen atoms in total. The van der Waals surface area contributed by atoms with Gasteiger partial charge in [0.25, 0.3) is 0 Å². The first kappa shape index (κ1) is 16.0. The molecule has 0 bridgehead atoms. The molecular weight excluding hydrogens is 256 g/mol. The van der Waals surface area contributed by atoms with Crippen molar-refractivity contribution < 1.29 is 14.7 Å². The predicted molar refractivity (Wildman–Crippen MR) is 77.5 cm³/mol. The van der Waals surface area contributed by atoms with Crippen molar-refractivity contribution in [2.24, 2.45) is 0 Å². The Kier molecular flexibility index (Phi) is 6.03. The number of amides is 2. The van der Waals surface area contributed by atoms with Crippen LogP contribution in [0.1, 0.15) is 38.3 Å². The van der Waals surface area contributed by atoms with Gasteiger partial charge in [0.05, 0.1) is 0 Å². The van der Waals surface area contributed by atoms with E-state index in [-0.39, 0.29) is 12.1 Å². The molecule has 5 heteroatoms. The third-order valence-electron chi connectivity index (χ3n) is 3.34. The number of aliphatic carboxylic acids is 1. The summed E-state index contributed by atoms with van der Waals surface area (Å²) in [6, 6.07) is 7.36. The Hall–Kier alpha value is -2.04. The summed E-state index contributed by atoms with van der Waals surface area (Å²) >= 11 is 0. The number of nitrogens with zero attached hydrogens (tertiary/aromatic N) is 1. The predicted octanol–water partition coefficient (Wildman–Crippen LogP) is 2.64. The maximum Gasteiger partial charge on any atom is 0.330 e. The number of benzene rings is 1. The standard InChI is InChI=1S/C15H22N2O3/c1-4-8-11(2)17(3)15(20)16-13(14(18)19)12-9-6-5-7-10-12/h5-7,9-11,13H,4,8H2,1-3H3,(H,16,20)(H,18,19). The normalized spacial score (nSPS) is 13.3. The Morgan fingerprint density at radius 1 is 1.30 bits per heavy atom. The number of carbonyl (C=O) groups is 2. The number of carboxylic acid groups (broad SMARTS) is 1. The number of rotatable bonds is 6. The highest BCUT2D eigenvalue weighted by Gasteiger charge is 2.24. The maximum absolute atomic E-state index is 12.1. The van der Waals surface area contributed by atoms with Crippen molar-refractivity contribution in [3.63, 3.8) is 0 Å². The lowest BCUT2D eigenvalue weighted by Gasteiger charge is -2.26. The van der Waals surface area contributed by atoms with Crippen molar-refractivity contribution in [3.8, 4) is 0 Å². The molecule has 0 saturated carbocycles. The molecule has 0 heterocycles. The van der Waals surface area contributed by atoms with Gasteiger partial charge in [-0.15, -0.1) is 0 Å². The van der Waals surface area contributed by atoms with Crippen LogP contribution in [0.25, 0.3) is 0 Å². The minimum atomic E-state index is -1.07. The first-order valence-electron chi connectivity index (χ1n) is 6.78. The third kappa shape index (κ3) is 4.26. The summed E-state index contributed by atoms with van der Waals surface area (Å²) in [4.78, 5) is 25.0. The Balaban J connectivity index is 2.77. The van der Waals surface area contributed by atoms with Gasteiger partial charge in [-0.25, -0.2) is 9.59 Å². The van der Waals surface area contributed by atoms with Crippen molar-refractivity contribution in [1.82, 2.24) is 10.2 Å². The molecule has 0 radical (unpaired) electrons. The van der Waals surface area contributed by atoms with E-state index >= 15 is 0 Å². The zero-order valence-electron chi connectivity index (χ0n) is 12.2. The molecule has 2 atom stereocenters. The molecule has 0 spiro atoms. The van der Waals surface area contributed by atoms with Crippen LogP contribution in [0.4, 0.5) is 4.79 Å². The molecule has 0 saturated heterocycles. The van der Waals surface area contributed by atoms with E-state index in [1.54, 1.807) is 42.3 Å². The second-order valence-corrected chi connectivity index (χ2v) is 4.88. The number of carboxylic acids is 1. The SMILES string of the molecule is CCCC(C)N(C)C(=O)NC(C(=O)O)c1ccccc1. The maximum atomic E-state index is 12.1. The molecule has 2 unspecified atom stereocenters. The van der Waals surface area contributed by atoms with Crippen LogP contribution in [0.15, 0.2) is 30.3 Å². The zero-order chi connectivity index (χ0) is 15.1. The second kappa shape index (κ2) is 7.53. The minimum absolute atomic E-state index is 0.0743. The molecule has 0 aliphatic carbocycles. The molecule has 20 heavy (non-hydrogen) atoms. The zero-order valence-corrected chi connectivity index (χ0v) is 12.2. The topological polar surface area (TPSA) is 69.6 Å². The molecule has 0 aromatic heterocycles. The lowest BCUT2D eigenvalue weighted by molar-refractivity contribution is -0.139. The Labute approximate surface area is 119 Å². The second-order valence-electron chi connectivity index (χ2n) is 4.88. The Morgan fingerprint density at radius 2 is 1.90 bits per heavy atom. The van der Waals surface area contributed by atoms with Gasteiger partial charge in [0.15, 0.2) is 6.04 Å². The fourth-order valence-electron chi connectivity index (χ4n) is 1.97. The van der Waals surface area contributed by atoms with Gasteiger partial charge in [0.2, 0.25) is 0 Å². The largest absolute Gasteiger partial charge is 0.479 e. The van der Waals surface area contributed by atoms with Gasteiger partial charge in [-0.1, -0.05) is 43.7 Å². The van der Waals surface area contributed by atoms with Gasteiger partial charge >= 0.3 is 12.0 Å². The Morgan fingerprint density at radius 3 is 2.40 bits per heavy atom. The Bertz CT molecular complexity index is 448. The lowest BCUT2D eigenvalue weighted by Crippen LogP contribution is -2.45. The minimum Gasteiger partial charge on any atom is -0.479 e. The van der Waals surface area contributed by atoms with E-state index in [2.05, 4.69) is 5.32 Å². The van der Waals surface area contributed by atoms with Crippen LogP contribution >= 0.6 is 0 Å². The van der Waals surface area contributed by atoms with E-state index in [0.717, 1.165) is 12.8 Å². The lowest BCUT2D eigenvalue weighted by atomic mass is 10.1. The summed E-state index contributed by atoms with van der Waals surface area (Å²) < 4.78 is 0. The van der Waals surface area contributed by atoms with Crippen LogP contribution in [0.5, 0.6) is 0 Å². The van der Waals surface area contributed by atoms with Crippen LogP contribution in [0.3, 0.4) is 0 Å². The van der Waals surface area contributed by atoms with E-state index in [1.165, 1.54) is 0 Å². The van der Waals surface area contributed by atoms with Gasteiger partial charge < -0.3 is 15.3 Å². The number of carbonyl (C=O) groups excluding carboxylic acids is 1. The molecule has 0 aliphatic heterocycles. The van der Waals surface area contributed by atoms with Crippen molar-refractivity contribution in [2.75, 3.05) is 7.05 Å². The fourth-order valence-corrected chi connectivity index (χ4v) is 1.97. The summed E-state index contributed by atoms with van der Waals surface area (Å²) in [6.45, 7) is 3.99. The van der Waals surface area contributed by atoms with Gasteiger partial charge in [-0.2, -0.15) is 0 Å². The number of hydrogen-bond acceptors (Lipinski definition) is 2. The summed E-state index contributed by atoms with van der Waals surface area (Å²) in [5.74, 6) is -1.07. The van der Waals surface area contributed by atoms with E-state index in [4.69, 9.17) is 0 Å². The molecule has 1 aromatic rings. The van der Waals surface area contributed by atoms with Crippen molar-refractivity contribution in [2.45, 2.75) is 38.8 Å². The molecule has 0 aliphatic rings. The van der Waals surface area contributed by atoms with Crippen molar-refractivity contribution >= 4 is 12.0 Å². The van der Waals surface area contributed by atoms with Crippen LogP contribution in [0.2, 0.25) is 0 Å². The van der Waals surface area contributed by atoms with E-state index in [9.17, 15) is 14.7 Å². The monoisotopic (exact) mass is 278 g/mol. The average molecular weight is 278 g/mol. The molecule has 110 valence electrons. The first-order chi connectivity index (χ1) is 9.47. The number of urea groups is 1. The molecule has 1 rings (SSSR count). The summed E-state index contributed by atoms with van der Waals surface area (Å²) in [5, 5.41) is 11.8. The molecule has 2 amide bonds. The quantitative estimate of drug-likeness (QED) is 0.840. The summed E-state index contributed by atoms with van der Waals surface area (Å²) in [5.41, 5.74) is 0.560. The molecule has 1 aromatic carbocycles. The van der Waals surface area contributed by atoms with E-state index in [1.807, 2.05) is 13.8 Å². The molecular formula is C15H22N2O3. The van der Waals surface area contributed by atoms with Crippen LogP contribution in [-0.2, 0) is 4.79 Å². The van der Waals surface area contributed by atoms with E-state index in [0.29, 0.717) is 5.56 Å². The highest BCUT2D eigenvalue weighted by molar-refractivity contribution is 5.83. The van der Waals surface area contributed by atoms with Crippen LogP contribution < -0.4 is 5.32 Å². The van der Waals surface area contributed by atoms with Gasteiger partial charge in [0.1, 0.15) is 0 Å². The average Bonchev–Trinajstić information content (AvgIpc) is 2.44. The smallest absolute Gasteiger partial charge is 0.330 e. The van der Waals surface area contributed by atoms with Crippen LogP contribution in [-0.4, -0.2) is 35.1 Å². The number of nitrogens with one attached hydrogen (secondary N) is 1. The highest BCUT2D eigenvalue weighted by Crippen LogP contribution is 2.14. The molecule has 2 N–H and O–H groups in total. The van der Waals surface area contributed by atoms with Gasteiger partial charge in [-0.05, 0) is 18.9 Å². The van der Waals surface area contributed by atoms with Crippen LogP contribution in [0, 0.1) is 0 Å². The van der Waals surface area contributed by atoms with Crippen molar-refractivity contribution in [1.29, 1.82) is 0 Å². The summed E-state index contributed by atoms with van der Waals surface area (Å²) in [6.07, 6.45) is 1.85. The van der Waals surface area contributed by atoms with Gasteiger partial charge in [0, 0.05) is 13.1 Å². The summed E-state index contributed by atoms with van der Waals surface area (Å²) in [7, 11) is 1.68. The molecule has 0 fully saturated rings. The van der Waals surface area contributed by atoms with Gasteiger partial charge in [-0.3, -0.25) is 0 Å². The van der Waals surface area contributed by atoms with Crippen molar-refractivity contribution in [3.05, 3.63) is 35.9 Å². The highest BCUT2D eigenvalue weighted by atomic mass is 16.4. The third-order valence-corrected chi connectivity index (χ3v) is 3.34. The van der Waals surface area contributed by atoms with E-state index < -0.39 is 12.0 Å².